The lowest BCUT2D eigenvalue weighted by Gasteiger charge is -2.12. The minimum atomic E-state index is -0.377. The number of epoxide rings is 1. The Kier molecular flexibility index (Phi) is 1.96. The number of hydrogen-bond donors (Lipinski definition) is 0. The van der Waals surface area contributed by atoms with E-state index < -0.39 is 0 Å². The Labute approximate surface area is 77.0 Å². The summed E-state index contributed by atoms with van der Waals surface area (Å²) in [5.74, 6) is -0.377. The van der Waals surface area contributed by atoms with Crippen LogP contribution in [0.5, 0.6) is 0 Å². The number of carbonyl (C=O) groups is 1. The first-order valence-electron chi connectivity index (χ1n) is 4.39. The molecule has 3 nitrogen and oxygen atoms in total. The molecule has 0 radical (unpaired) electrons. The Morgan fingerprint density at radius 1 is 1.77 bits per heavy atom. The predicted octanol–water partition coefficient (Wildman–Crippen LogP) is 1.20. The van der Waals surface area contributed by atoms with Gasteiger partial charge in [0.05, 0.1) is 6.10 Å². The van der Waals surface area contributed by atoms with Gasteiger partial charge in [0.25, 0.3) is 0 Å². The fraction of sp³-hybridized carbons (Fsp3) is 0.500. The minimum absolute atomic E-state index is 0.201. The van der Waals surface area contributed by atoms with Gasteiger partial charge in [0.15, 0.2) is 0 Å². The molecule has 1 fully saturated rings. The van der Waals surface area contributed by atoms with Crippen LogP contribution >= 0.6 is 0 Å². The van der Waals surface area contributed by atoms with Gasteiger partial charge in [0.1, 0.15) is 12.2 Å². The molecular formula is C10H12O3. The molecule has 2 atom stereocenters. The van der Waals surface area contributed by atoms with E-state index in [9.17, 15) is 4.79 Å². The van der Waals surface area contributed by atoms with E-state index in [1.165, 1.54) is 6.08 Å². The second kappa shape index (κ2) is 3.00. The molecule has 0 bridgehead atoms. The van der Waals surface area contributed by atoms with Crippen LogP contribution in [-0.4, -0.2) is 24.3 Å². The zero-order chi connectivity index (χ0) is 9.31. The Morgan fingerprint density at radius 2 is 2.62 bits per heavy atom. The summed E-state index contributed by atoms with van der Waals surface area (Å²) in [7, 11) is 0. The van der Waals surface area contributed by atoms with Gasteiger partial charge in [0.2, 0.25) is 0 Å². The van der Waals surface area contributed by atoms with Crippen molar-refractivity contribution in [1.29, 1.82) is 0 Å². The Balaban J connectivity index is 1.86. The fourth-order valence-corrected chi connectivity index (χ4v) is 1.63. The van der Waals surface area contributed by atoms with E-state index in [1.54, 1.807) is 0 Å². The van der Waals surface area contributed by atoms with Gasteiger partial charge in [-0.15, -0.1) is 0 Å². The summed E-state index contributed by atoms with van der Waals surface area (Å²) in [5.41, 5.74) is -0.201. The van der Waals surface area contributed by atoms with Crippen LogP contribution in [-0.2, 0) is 14.3 Å². The SMILES string of the molecule is C=CC(=O)OCC12CC=CCC1O2. The molecule has 13 heavy (non-hydrogen) atoms. The van der Waals surface area contributed by atoms with Crippen LogP contribution in [0.15, 0.2) is 24.8 Å². The summed E-state index contributed by atoms with van der Waals surface area (Å²) in [5, 5.41) is 0. The lowest BCUT2D eigenvalue weighted by atomic mass is 9.95. The largest absolute Gasteiger partial charge is 0.459 e. The van der Waals surface area contributed by atoms with E-state index in [4.69, 9.17) is 9.47 Å². The summed E-state index contributed by atoms with van der Waals surface area (Å²) < 4.78 is 10.4. The van der Waals surface area contributed by atoms with Crippen LogP contribution < -0.4 is 0 Å². The Hall–Kier alpha value is -1.09. The van der Waals surface area contributed by atoms with Crippen molar-refractivity contribution in [1.82, 2.24) is 0 Å². The van der Waals surface area contributed by atoms with Crippen LogP contribution in [0.1, 0.15) is 12.8 Å². The van der Waals surface area contributed by atoms with Gasteiger partial charge < -0.3 is 9.47 Å². The van der Waals surface area contributed by atoms with Gasteiger partial charge in [-0.25, -0.2) is 4.79 Å². The van der Waals surface area contributed by atoms with Crippen molar-refractivity contribution in [3.63, 3.8) is 0 Å². The number of hydrogen-bond acceptors (Lipinski definition) is 3. The van der Waals surface area contributed by atoms with Crippen molar-refractivity contribution < 1.29 is 14.3 Å². The van der Waals surface area contributed by atoms with Gasteiger partial charge in [-0.3, -0.25) is 0 Å². The zero-order valence-electron chi connectivity index (χ0n) is 7.36. The molecule has 0 N–H and O–H groups in total. The topological polar surface area (TPSA) is 38.8 Å². The highest BCUT2D eigenvalue weighted by Gasteiger charge is 2.56. The number of esters is 1. The highest BCUT2D eigenvalue weighted by atomic mass is 16.6. The molecule has 1 aliphatic heterocycles. The summed E-state index contributed by atoms with van der Waals surface area (Å²) in [4.78, 5) is 10.8. The summed E-state index contributed by atoms with van der Waals surface area (Å²) in [6.45, 7) is 3.69. The molecule has 0 aromatic rings. The fourth-order valence-electron chi connectivity index (χ4n) is 1.63. The highest BCUT2D eigenvalue weighted by molar-refractivity contribution is 5.81. The van der Waals surface area contributed by atoms with E-state index in [2.05, 4.69) is 18.7 Å². The smallest absolute Gasteiger partial charge is 0.330 e. The van der Waals surface area contributed by atoms with Crippen molar-refractivity contribution in [3.8, 4) is 0 Å². The highest BCUT2D eigenvalue weighted by Crippen LogP contribution is 2.45. The minimum Gasteiger partial charge on any atom is -0.459 e. The van der Waals surface area contributed by atoms with Gasteiger partial charge in [-0.05, 0) is 6.42 Å². The van der Waals surface area contributed by atoms with Gasteiger partial charge in [-0.1, -0.05) is 18.7 Å². The lowest BCUT2D eigenvalue weighted by Crippen LogP contribution is -2.25. The van der Waals surface area contributed by atoms with E-state index in [-0.39, 0.29) is 17.7 Å². The van der Waals surface area contributed by atoms with Crippen LogP contribution in [0.3, 0.4) is 0 Å². The van der Waals surface area contributed by atoms with Gasteiger partial charge >= 0.3 is 5.97 Å². The molecule has 3 heteroatoms. The normalized spacial score (nSPS) is 34.9. The molecular weight excluding hydrogens is 168 g/mol. The predicted molar refractivity (Wildman–Crippen MR) is 47.1 cm³/mol. The first kappa shape index (κ1) is 8.51. The number of carbonyl (C=O) groups excluding carboxylic acids is 1. The molecule has 1 aliphatic carbocycles. The third kappa shape index (κ3) is 1.52. The quantitative estimate of drug-likeness (QED) is 0.283. The number of ether oxygens (including phenoxy) is 2. The van der Waals surface area contributed by atoms with Crippen LogP contribution in [0, 0.1) is 0 Å². The summed E-state index contributed by atoms with van der Waals surface area (Å²) in [6.07, 6.45) is 7.40. The van der Waals surface area contributed by atoms with Crippen molar-refractivity contribution in [2.24, 2.45) is 0 Å². The van der Waals surface area contributed by atoms with Crippen molar-refractivity contribution in [3.05, 3.63) is 24.8 Å². The molecule has 70 valence electrons. The van der Waals surface area contributed by atoms with Crippen molar-refractivity contribution in [2.45, 2.75) is 24.5 Å². The van der Waals surface area contributed by atoms with Crippen molar-refractivity contribution >= 4 is 5.97 Å². The van der Waals surface area contributed by atoms with E-state index in [0.29, 0.717) is 6.61 Å². The molecule has 2 aliphatic rings. The van der Waals surface area contributed by atoms with Gasteiger partial charge in [-0.2, -0.15) is 0 Å². The molecule has 0 amide bonds. The third-order valence-electron chi connectivity index (χ3n) is 2.51. The maximum Gasteiger partial charge on any atom is 0.330 e. The van der Waals surface area contributed by atoms with E-state index in [1.807, 2.05) is 0 Å². The maximum absolute atomic E-state index is 10.8. The van der Waals surface area contributed by atoms with Crippen molar-refractivity contribution in [2.75, 3.05) is 6.61 Å². The third-order valence-corrected chi connectivity index (χ3v) is 2.51. The molecule has 0 aromatic carbocycles. The van der Waals surface area contributed by atoms with Gasteiger partial charge in [0, 0.05) is 12.5 Å². The zero-order valence-corrected chi connectivity index (χ0v) is 7.36. The molecule has 0 spiro atoms. The van der Waals surface area contributed by atoms with Crippen LogP contribution in [0.2, 0.25) is 0 Å². The summed E-state index contributed by atoms with van der Waals surface area (Å²) >= 11 is 0. The first-order valence-corrected chi connectivity index (χ1v) is 4.39. The Bertz CT molecular complexity index is 269. The molecule has 2 unspecified atom stereocenters. The lowest BCUT2D eigenvalue weighted by molar-refractivity contribution is -0.139. The monoisotopic (exact) mass is 180 g/mol. The van der Waals surface area contributed by atoms with Crippen LogP contribution in [0.4, 0.5) is 0 Å². The standard InChI is InChI=1S/C10H12O3/c1-2-9(11)12-7-10-6-4-3-5-8(10)13-10/h2-4,8H,1,5-7H2. The average Bonchev–Trinajstić information content (AvgIpc) is 2.89. The molecule has 1 saturated heterocycles. The molecule has 0 saturated carbocycles. The number of fused-ring (bicyclic) bond motifs is 1. The maximum atomic E-state index is 10.8. The molecule has 2 rings (SSSR count). The number of rotatable bonds is 3. The molecule has 0 aromatic heterocycles. The first-order chi connectivity index (χ1) is 6.27. The van der Waals surface area contributed by atoms with Crippen LogP contribution in [0.25, 0.3) is 0 Å². The summed E-state index contributed by atoms with van der Waals surface area (Å²) in [6, 6.07) is 0. The van der Waals surface area contributed by atoms with E-state index >= 15 is 0 Å². The second-order valence-electron chi connectivity index (χ2n) is 3.39. The Morgan fingerprint density at radius 3 is 3.31 bits per heavy atom. The average molecular weight is 180 g/mol. The molecule has 1 heterocycles. The second-order valence-corrected chi connectivity index (χ2v) is 3.39. The van der Waals surface area contributed by atoms with E-state index in [0.717, 1.165) is 12.8 Å².